The first-order chi connectivity index (χ1) is 9.26. The molecule has 0 saturated heterocycles. The summed E-state index contributed by atoms with van der Waals surface area (Å²) in [6.45, 7) is 0. The van der Waals surface area contributed by atoms with E-state index >= 15 is 0 Å². The largest absolute Gasteiger partial charge is 0.381 e. The van der Waals surface area contributed by atoms with Gasteiger partial charge in [-0.1, -0.05) is 12.8 Å². The van der Waals surface area contributed by atoms with Crippen LogP contribution >= 0.6 is 0 Å². The van der Waals surface area contributed by atoms with Gasteiger partial charge in [-0.25, -0.2) is 0 Å². The zero-order chi connectivity index (χ0) is 13.4. The van der Waals surface area contributed by atoms with Crippen molar-refractivity contribution in [2.75, 3.05) is 14.2 Å². The van der Waals surface area contributed by atoms with E-state index in [2.05, 4.69) is 0 Å². The number of carbonyl (C=O) groups excluding carboxylic acids is 1. The van der Waals surface area contributed by atoms with Crippen molar-refractivity contribution in [3.63, 3.8) is 0 Å². The molecule has 3 aliphatic carbocycles. The second-order valence-corrected chi connectivity index (χ2v) is 6.62. The third-order valence-electron chi connectivity index (χ3n) is 5.81. The van der Waals surface area contributed by atoms with E-state index in [0.717, 1.165) is 12.8 Å². The summed E-state index contributed by atoms with van der Waals surface area (Å²) in [7, 11) is 3.53. The Kier molecular flexibility index (Phi) is 3.95. The van der Waals surface area contributed by atoms with Crippen LogP contribution in [0.25, 0.3) is 0 Å². The third kappa shape index (κ3) is 2.25. The van der Waals surface area contributed by atoms with Gasteiger partial charge in [0, 0.05) is 26.1 Å². The zero-order valence-corrected chi connectivity index (χ0v) is 12.1. The van der Waals surface area contributed by atoms with Crippen LogP contribution in [0.1, 0.15) is 44.9 Å². The summed E-state index contributed by atoms with van der Waals surface area (Å²) < 4.78 is 11.2. The molecule has 3 saturated carbocycles. The number of methoxy groups -OCH3 is 2. The van der Waals surface area contributed by atoms with Crippen molar-refractivity contribution in [2.45, 2.75) is 57.2 Å². The fourth-order valence-corrected chi connectivity index (χ4v) is 4.99. The molecule has 0 radical (unpaired) electrons. The molecule has 0 aromatic rings. The lowest BCUT2D eigenvalue weighted by atomic mass is 9.57. The van der Waals surface area contributed by atoms with E-state index in [9.17, 15) is 4.79 Å². The summed E-state index contributed by atoms with van der Waals surface area (Å²) in [5.41, 5.74) is 0. The standard InChI is InChI=1S/C16H26O3/c1-18-12-7-3-5-10-9-11-6-4-8-13(19-2)15(11)16(17)14(10)12/h10-15H,3-9H2,1-2H3. The van der Waals surface area contributed by atoms with Gasteiger partial charge in [-0.3, -0.25) is 4.79 Å². The topological polar surface area (TPSA) is 35.5 Å². The first-order valence-electron chi connectivity index (χ1n) is 7.85. The number of rotatable bonds is 2. The Morgan fingerprint density at radius 2 is 1.32 bits per heavy atom. The molecule has 6 unspecified atom stereocenters. The molecule has 19 heavy (non-hydrogen) atoms. The van der Waals surface area contributed by atoms with Crippen molar-refractivity contribution in [3.8, 4) is 0 Å². The average molecular weight is 266 g/mol. The molecule has 0 spiro atoms. The van der Waals surface area contributed by atoms with E-state index in [1.165, 1.54) is 32.1 Å². The highest BCUT2D eigenvalue weighted by Crippen LogP contribution is 2.49. The number of ether oxygens (including phenoxy) is 2. The summed E-state index contributed by atoms with van der Waals surface area (Å²) in [6.07, 6.45) is 8.53. The Hall–Kier alpha value is -0.410. The lowest BCUT2D eigenvalue weighted by molar-refractivity contribution is -0.155. The molecular weight excluding hydrogens is 240 g/mol. The Bertz CT molecular complexity index is 311. The number of Topliss-reactive ketones (excluding diaryl/α,β-unsaturated/α-hetero) is 1. The lowest BCUT2D eigenvalue weighted by Gasteiger charge is -2.49. The van der Waals surface area contributed by atoms with Crippen molar-refractivity contribution in [1.82, 2.24) is 0 Å². The van der Waals surface area contributed by atoms with Crippen LogP contribution < -0.4 is 0 Å². The minimum Gasteiger partial charge on any atom is -0.381 e. The molecule has 3 aliphatic rings. The molecule has 0 aromatic carbocycles. The monoisotopic (exact) mass is 266 g/mol. The van der Waals surface area contributed by atoms with Gasteiger partial charge in [0.2, 0.25) is 0 Å². The summed E-state index contributed by atoms with van der Waals surface area (Å²) in [5.74, 6) is 1.90. The summed E-state index contributed by atoms with van der Waals surface area (Å²) in [4.78, 5) is 13.0. The molecule has 3 nitrogen and oxygen atoms in total. The molecule has 0 bridgehead atoms. The lowest BCUT2D eigenvalue weighted by Crippen LogP contribution is -2.53. The summed E-state index contributed by atoms with van der Waals surface area (Å²) in [5, 5.41) is 0. The predicted molar refractivity (Wildman–Crippen MR) is 72.9 cm³/mol. The van der Waals surface area contributed by atoms with Crippen molar-refractivity contribution in [3.05, 3.63) is 0 Å². The van der Waals surface area contributed by atoms with Gasteiger partial charge in [0.25, 0.3) is 0 Å². The molecule has 6 atom stereocenters. The maximum absolute atomic E-state index is 13.0. The van der Waals surface area contributed by atoms with E-state index < -0.39 is 0 Å². The number of hydrogen-bond acceptors (Lipinski definition) is 3. The second kappa shape index (κ2) is 5.53. The Balaban J connectivity index is 1.85. The van der Waals surface area contributed by atoms with Crippen LogP contribution in [0.5, 0.6) is 0 Å². The van der Waals surface area contributed by atoms with E-state index in [0.29, 0.717) is 17.6 Å². The van der Waals surface area contributed by atoms with Crippen LogP contribution in [-0.2, 0) is 14.3 Å². The smallest absolute Gasteiger partial charge is 0.144 e. The molecule has 0 amide bonds. The summed E-state index contributed by atoms with van der Waals surface area (Å²) in [6, 6.07) is 0. The second-order valence-electron chi connectivity index (χ2n) is 6.62. The normalized spacial score (nSPS) is 46.5. The first kappa shape index (κ1) is 13.6. The van der Waals surface area contributed by atoms with Gasteiger partial charge < -0.3 is 9.47 Å². The maximum Gasteiger partial charge on any atom is 0.144 e. The van der Waals surface area contributed by atoms with E-state index in [1.807, 2.05) is 0 Å². The van der Waals surface area contributed by atoms with Gasteiger partial charge in [-0.05, 0) is 43.9 Å². The van der Waals surface area contributed by atoms with Crippen molar-refractivity contribution in [2.24, 2.45) is 23.7 Å². The van der Waals surface area contributed by atoms with Gasteiger partial charge in [0.1, 0.15) is 5.78 Å². The van der Waals surface area contributed by atoms with E-state index in [-0.39, 0.29) is 24.0 Å². The fraction of sp³-hybridized carbons (Fsp3) is 0.938. The highest BCUT2D eigenvalue weighted by molar-refractivity contribution is 5.86. The van der Waals surface area contributed by atoms with Gasteiger partial charge in [-0.2, -0.15) is 0 Å². The quantitative estimate of drug-likeness (QED) is 0.771. The zero-order valence-electron chi connectivity index (χ0n) is 12.1. The number of hydrogen-bond donors (Lipinski definition) is 0. The minimum absolute atomic E-state index is 0.149. The molecule has 3 heteroatoms. The van der Waals surface area contributed by atoms with Crippen molar-refractivity contribution >= 4 is 5.78 Å². The molecule has 0 heterocycles. The molecule has 0 N–H and O–H groups in total. The van der Waals surface area contributed by atoms with Gasteiger partial charge in [-0.15, -0.1) is 0 Å². The summed E-state index contributed by atoms with van der Waals surface area (Å²) >= 11 is 0. The number of fused-ring (bicyclic) bond motifs is 2. The average Bonchev–Trinajstić information content (AvgIpc) is 2.45. The molecule has 0 aromatic heterocycles. The molecule has 3 rings (SSSR count). The van der Waals surface area contributed by atoms with Crippen molar-refractivity contribution < 1.29 is 14.3 Å². The maximum atomic E-state index is 13.0. The molecule has 3 fully saturated rings. The van der Waals surface area contributed by atoms with Crippen LogP contribution in [0.3, 0.4) is 0 Å². The number of ketones is 1. The van der Waals surface area contributed by atoms with Gasteiger partial charge >= 0.3 is 0 Å². The first-order valence-corrected chi connectivity index (χ1v) is 7.85. The third-order valence-corrected chi connectivity index (χ3v) is 5.81. The van der Waals surface area contributed by atoms with Gasteiger partial charge in [0.15, 0.2) is 0 Å². The van der Waals surface area contributed by atoms with Crippen LogP contribution in [0.15, 0.2) is 0 Å². The predicted octanol–water partition coefficient (Wildman–Crippen LogP) is 2.82. The van der Waals surface area contributed by atoms with Gasteiger partial charge in [0.05, 0.1) is 12.2 Å². The SMILES string of the molecule is COC1CCCC2CC3CCCC(OC)C3C(=O)C21. The Morgan fingerprint density at radius 3 is 1.74 bits per heavy atom. The van der Waals surface area contributed by atoms with Crippen LogP contribution in [0, 0.1) is 23.7 Å². The van der Waals surface area contributed by atoms with Crippen molar-refractivity contribution in [1.29, 1.82) is 0 Å². The minimum atomic E-state index is 0.149. The fourth-order valence-electron chi connectivity index (χ4n) is 4.99. The molecule has 0 aliphatic heterocycles. The van der Waals surface area contributed by atoms with E-state index in [1.54, 1.807) is 14.2 Å². The Labute approximate surface area is 116 Å². The highest BCUT2D eigenvalue weighted by Gasteiger charge is 2.51. The number of carbonyl (C=O) groups is 1. The van der Waals surface area contributed by atoms with Crippen LogP contribution in [0.4, 0.5) is 0 Å². The van der Waals surface area contributed by atoms with Crippen LogP contribution in [0.2, 0.25) is 0 Å². The van der Waals surface area contributed by atoms with E-state index in [4.69, 9.17) is 9.47 Å². The molecular formula is C16H26O3. The molecule has 108 valence electrons. The Morgan fingerprint density at radius 1 is 0.842 bits per heavy atom. The highest BCUT2D eigenvalue weighted by atomic mass is 16.5. The van der Waals surface area contributed by atoms with Crippen LogP contribution in [-0.4, -0.2) is 32.2 Å².